The zero-order valence-corrected chi connectivity index (χ0v) is 19.6. The van der Waals surface area contributed by atoms with Crippen LogP contribution < -0.4 is 4.74 Å². The molecule has 3 amide bonds. The molecule has 166 valence electrons. The Hall–Kier alpha value is -2.62. The van der Waals surface area contributed by atoms with Gasteiger partial charge in [-0.05, 0) is 41.6 Å². The SMILES string of the molecule is O=C(CN1C(=O)S/C(=C/c2ccccc2OCc2ccc(Br)cc2)C1=O)N1CCOCC1. The molecule has 2 fully saturated rings. The first-order chi connectivity index (χ1) is 15.5. The molecule has 0 atom stereocenters. The zero-order chi connectivity index (χ0) is 22.5. The van der Waals surface area contributed by atoms with Crippen LogP contribution in [0.4, 0.5) is 4.79 Å². The highest BCUT2D eigenvalue weighted by molar-refractivity contribution is 9.10. The Morgan fingerprint density at radius 1 is 1.09 bits per heavy atom. The molecule has 0 aromatic heterocycles. The van der Waals surface area contributed by atoms with E-state index in [1.165, 1.54) is 0 Å². The summed E-state index contributed by atoms with van der Waals surface area (Å²) in [5.74, 6) is -0.119. The van der Waals surface area contributed by atoms with Crippen LogP contribution in [0, 0.1) is 0 Å². The molecule has 2 heterocycles. The predicted octanol–water partition coefficient (Wildman–Crippen LogP) is 3.92. The maximum Gasteiger partial charge on any atom is 0.294 e. The van der Waals surface area contributed by atoms with Crippen LogP contribution in [0.15, 0.2) is 57.9 Å². The van der Waals surface area contributed by atoms with E-state index in [0.717, 1.165) is 26.7 Å². The fourth-order valence-corrected chi connectivity index (χ4v) is 4.39. The number of nitrogens with zero attached hydrogens (tertiary/aromatic N) is 2. The van der Waals surface area contributed by atoms with Gasteiger partial charge in [-0.15, -0.1) is 0 Å². The number of para-hydroxylation sites is 1. The molecule has 9 heteroatoms. The normalized spacial score (nSPS) is 17.8. The Balaban J connectivity index is 1.45. The van der Waals surface area contributed by atoms with Crippen molar-refractivity contribution in [3.8, 4) is 5.75 Å². The Labute approximate surface area is 198 Å². The second-order valence-corrected chi connectivity index (χ2v) is 9.12. The summed E-state index contributed by atoms with van der Waals surface area (Å²) < 4.78 is 12.2. The minimum atomic E-state index is -0.468. The van der Waals surface area contributed by atoms with Crippen molar-refractivity contribution in [2.24, 2.45) is 0 Å². The number of morpholine rings is 1. The molecule has 7 nitrogen and oxygen atoms in total. The number of hydrogen-bond acceptors (Lipinski definition) is 6. The first kappa shape index (κ1) is 22.6. The third-order valence-electron chi connectivity index (χ3n) is 5.04. The molecule has 0 radical (unpaired) electrons. The van der Waals surface area contributed by atoms with Gasteiger partial charge in [0, 0.05) is 23.1 Å². The van der Waals surface area contributed by atoms with E-state index >= 15 is 0 Å². The molecule has 2 aliphatic rings. The molecule has 0 spiro atoms. The van der Waals surface area contributed by atoms with Crippen molar-refractivity contribution in [2.45, 2.75) is 6.61 Å². The topological polar surface area (TPSA) is 76.2 Å². The van der Waals surface area contributed by atoms with Crippen molar-refractivity contribution in [2.75, 3.05) is 32.8 Å². The van der Waals surface area contributed by atoms with Gasteiger partial charge in [-0.25, -0.2) is 0 Å². The quantitative estimate of drug-likeness (QED) is 0.541. The number of hydrogen-bond donors (Lipinski definition) is 0. The van der Waals surface area contributed by atoms with Crippen molar-refractivity contribution >= 4 is 50.8 Å². The van der Waals surface area contributed by atoms with Crippen molar-refractivity contribution in [3.05, 3.63) is 69.0 Å². The number of ether oxygens (including phenoxy) is 2. The summed E-state index contributed by atoms with van der Waals surface area (Å²) in [6.45, 7) is 1.97. The van der Waals surface area contributed by atoms with Gasteiger partial charge in [-0.3, -0.25) is 19.3 Å². The number of imide groups is 1. The highest BCUT2D eigenvalue weighted by atomic mass is 79.9. The fourth-order valence-electron chi connectivity index (χ4n) is 3.30. The predicted molar refractivity (Wildman–Crippen MR) is 125 cm³/mol. The monoisotopic (exact) mass is 516 g/mol. The first-order valence-electron chi connectivity index (χ1n) is 10.1. The van der Waals surface area contributed by atoms with Crippen molar-refractivity contribution in [1.29, 1.82) is 0 Å². The van der Waals surface area contributed by atoms with Gasteiger partial charge in [0.2, 0.25) is 5.91 Å². The van der Waals surface area contributed by atoms with Crippen LogP contribution in [0.2, 0.25) is 0 Å². The summed E-state index contributed by atoms with van der Waals surface area (Å²) >= 11 is 4.24. The van der Waals surface area contributed by atoms with Crippen LogP contribution in [-0.2, 0) is 20.9 Å². The minimum absolute atomic E-state index is 0.255. The minimum Gasteiger partial charge on any atom is -0.488 e. The van der Waals surface area contributed by atoms with Crippen LogP contribution in [0.25, 0.3) is 6.08 Å². The molecule has 0 N–H and O–H groups in total. The van der Waals surface area contributed by atoms with Gasteiger partial charge in [0.1, 0.15) is 18.9 Å². The molecule has 0 bridgehead atoms. The lowest BCUT2D eigenvalue weighted by molar-refractivity contribution is -0.139. The average molecular weight is 517 g/mol. The molecule has 2 saturated heterocycles. The van der Waals surface area contributed by atoms with E-state index in [1.807, 2.05) is 48.5 Å². The Bertz CT molecular complexity index is 1050. The van der Waals surface area contributed by atoms with Gasteiger partial charge >= 0.3 is 0 Å². The second-order valence-electron chi connectivity index (χ2n) is 7.21. The van der Waals surface area contributed by atoms with E-state index in [9.17, 15) is 14.4 Å². The van der Waals surface area contributed by atoms with Gasteiger partial charge in [-0.1, -0.05) is 46.3 Å². The number of carbonyl (C=O) groups is 3. The summed E-state index contributed by atoms with van der Waals surface area (Å²) in [7, 11) is 0. The van der Waals surface area contributed by atoms with Crippen LogP contribution >= 0.6 is 27.7 Å². The fraction of sp³-hybridized carbons (Fsp3) is 0.261. The van der Waals surface area contributed by atoms with Gasteiger partial charge in [-0.2, -0.15) is 0 Å². The molecule has 0 unspecified atom stereocenters. The summed E-state index contributed by atoms with van der Waals surface area (Å²) in [4.78, 5) is 40.6. The Morgan fingerprint density at radius 3 is 2.56 bits per heavy atom. The Kier molecular flexibility index (Phi) is 7.29. The van der Waals surface area contributed by atoms with Crippen LogP contribution in [0.3, 0.4) is 0 Å². The third kappa shape index (κ3) is 5.40. The first-order valence-corrected chi connectivity index (χ1v) is 11.7. The molecule has 2 aromatic rings. The van der Waals surface area contributed by atoms with E-state index in [0.29, 0.717) is 44.2 Å². The molecule has 4 rings (SSSR count). The lowest BCUT2D eigenvalue weighted by atomic mass is 10.1. The second kappa shape index (κ2) is 10.3. The lowest BCUT2D eigenvalue weighted by Gasteiger charge is -2.28. The van der Waals surface area contributed by atoms with E-state index < -0.39 is 11.1 Å². The molecular formula is C23H21BrN2O5S. The van der Waals surface area contributed by atoms with Gasteiger partial charge < -0.3 is 14.4 Å². The van der Waals surface area contributed by atoms with E-state index in [2.05, 4.69) is 15.9 Å². The summed E-state index contributed by atoms with van der Waals surface area (Å²) in [5, 5.41) is -0.448. The molecule has 2 aliphatic heterocycles. The largest absolute Gasteiger partial charge is 0.488 e. The smallest absolute Gasteiger partial charge is 0.294 e. The standard InChI is InChI=1S/C23H21BrN2O5S/c24-18-7-5-16(6-8-18)15-31-19-4-2-1-3-17(19)13-20-22(28)26(23(29)32-20)14-21(27)25-9-11-30-12-10-25/h1-8,13H,9-12,14-15H2/b20-13+. The van der Waals surface area contributed by atoms with E-state index in [4.69, 9.17) is 9.47 Å². The number of carbonyl (C=O) groups excluding carboxylic acids is 3. The molecule has 0 aliphatic carbocycles. The van der Waals surface area contributed by atoms with E-state index in [1.54, 1.807) is 11.0 Å². The van der Waals surface area contributed by atoms with Gasteiger partial charge in [0.15, 0.2) is 0 Å². The Morgan fingerprint density at radius 2 is 1.81 bits per heavy atom. The van der Waals surface area contributed by atoms with Crippen LogP contribution in [-0.4, -0.2) is 59.7 Å². The van der Waals surface area contributed by atoms with Crippen molar-refractivity contribution < 1.29 is 23.9 Å². The number of amides is 3. The van der Waals surface area contributed by atoms with Crippen molar-refractivity contribution in [3.63, 3.8) is 0 Å². The summed E-state index contributed by atoms with van der Waals surface area (Å²) in [6, 6.07) is 15.1. The number of benzene rings is 2. The molecular weight excluding hydrogens is 496 g/mol. The molecule has 0 saturated carbocycles. The van der Waals surface area contributed by atoms with Gasteiger partial charge in [0.05, 0.1) is 18.1 Å². The maximum absolute atomic E-state index is 12.8. The molecule has 2 aromatic carbocycles. The third-order valence-corrected chi connectivity index (χ3v) is 6.48. The summed E-state index contributed by atoms with van der Waals surface area (Å²) in [6.07, 6.45) is 1.64. The average Bonchev–Trinajstić information content (AvgIpc) is 3.07. The van der Waals surface area contributed by atoms with Gasteiger partial charge in [0.25, 0.3) is 11.1 Å². The number of halogens is 1. The van der Waals surface area contributed by atoms with Crippen LogP contribution in [0.1, 0.15) is 11.1 Å². The summed E-state index contributed by atoms with van der Waals surface area (Å²) in [5.41, 5.74) is 1.69. The maximum atomic E-state index is 12.8. The number of thioether (sulfide) groups is 1. The van der Waals surface area contributed by atoms with Crippen LogP contribution in [0.5, 0.6) is 5.75 Å². The zero-order valence-electron chi connectivity index (χ0n) is 17.2. The lowest BCUT2D eigenvalue weighted by Crippen LogP contribution is -2.46. The highest BCUT2D eigenvalue weighted by Gasteiger charge is 2.37. The highest BCUT2D eigenvalue weighted by Crippen LogP contribution is 2.34. The number of rotatable bonds is 6. The van der Waals surface area contributed by atoms with Crippen molar-refractivity contribution in [1.82, 2.24) is 9.80 Å². The molecule has 32 heavy (non-hydrogen) atoms. The van der Waals surface area contributed by atoms with E-state index in [-0.39, 0.29) is 17.4 Å².